The van der Waals surface area contributed by atoms with Gasteiger partial charge in [-0.1, -0.05) is 309 Å². The zero-order chi connectivity index (χ0) is 76.6. The summed E-state index contributed by atoms with van der Waals surface area (Å²) in [6, 6.07) is 63.4. The predicted octanol–water partition coefficient (Wildman–Crippen LogP) is 26.9. The molecule has 0 aliphatic carbocycles. The van der Waals surface area contributed by atoms with E-state index in [0.717, 1.165) is 183 Å². The number of rotatable bonds is 37. The normalized spacial score (nSPS) is 12.0. The fourth-order valence-corrected chi connectivity index (χ4v) is 16.7. The Bertz CT molecular complexity index is 5960. The molecule has 10 heteroatoms. The largest absolute Gasteiger partial charge is 0.494 e. The van der Waals surface area contributed by atoms with Gasteiger partial charge in [-0.2, -0.15) is 0 Å². The molecule has 0 saturated heterocycles. The van der Waals surface area contributed by atoms with Crippen LogP contribution in [0.1, 0.15) is 253 Å². The summed E-state index contributed by atoms with van der Waals surface area (Å²) >= 11 is 0. The monoisotopic (exact) mass is 1490 g/mol. The summed E-state index contributed by atoms with van der Waals surface area (Å²) in [5.74, 6) is 8.80. The molecule has 3 N–H and O–H groups in total. The number of ether oxygens (including phenoxy) is 2. The van der Waals surface area contributed by atoms with Crippen molar-refractivity contribution < 1.29 is 9.47 Å². The lowest BCUT2D eigenvalue weighted by Gasteiger charge is -2.07. The van der Waals surface area contributed by atoms with Crippen molar-refractivity contribution in [1.82, 2.24) is 39.9 Å². The van der Waals surface area contributed by atoms with Crippen molar-refractivity contribution in [2.24, 2.45) is 0 Å². The van der Waals surface area contributed by atoms with Gasteiger partial charge in [0.2, 0.25) is 0 Å². The summed E-state index contributed by atoms with van der Waals surface area (Å²) in [6.07, 6.45) is 54.6. The fourth-order valence-electron chi connectivity index (χ4n) is 16.7. The van der Waals surface area contributed by atoms with E-state index in [4.69, 9.17) is 29.4 Å². The third kappa shape index (κ3) is 20.1. The van der Waals surface area contributed by atoms with E-state index in [2.05, 4.69) is 246 Å². The summed E-state index contributed by atoms with van der Waals surface area (Å²) < 4.78 is 13.7. The number of fused-ring (bicyclic) bond motifs is 2. The number of imidazole rings is 1. The average molecular weight is 1490 g/mol. The number of pyridine rings is 2. The van der Waals surface area contributed by atoms with Crippen LogP contribution in [0.15, 0.2) is 188 Å². The first-order chi connectivity index (χ1) is 56.0. The van der Waals surface area contributed by atoms with Crippen LogP contribution in [0.5, 0.6) is 11.5 Å². The lowest BCUT2D eigenvalue weighted by molar-refractivity contribution is 0.304. The Kier molecular flexibility index (Phi) is 27.1. The molecule has 18 rings (SSSR count). The molecule has 0 radical (unpaired) electrons. The molecule has 0 unspecified atom stereocenters. The summed E-state index contributed by atoms with van der Waals surface area (Å²) in [6.45, 7) is 5.87. The Morgan fingerprint density at radius 3 is 1.27 bits per heavy atom. The van der Waals surface area contributed by atoms with Crippen molar-refractivity contribution in [2.45, 2.75) is 219 Å². The van der Waals surface area contributed by atoms with Gasteiger partial charge in [0.05, 0.1) is 57.7 Å². The number of H-pyrrole nitrogens is 3. The molecule has 10 nitrogen and oxygen atoms in total. The molecule has 0 atom stereocenters. The maximum atomic E-state index is 6.85. The van der Waals surface area contributed by atoms with Crippen molar-refractivity contribution in [2.75, 3.05) is 13.2 Å². The zero-order valence-corrected chi connectivity index (χ0v) is 66.8. The minimum atomic E-state index is 0.618. The van der Waals surface area contributed by atoms with Crippen molar-refractivity contribution in [3.05, 3.63) is 285 Å². The summed E-state index contributed by atoms with van der Waals surface area (Å²) in [4.78, 5) is 37.8. The first kappa shape index (κ1) is 77.4. The number of benzene rings is 6. The molecule has 12 heterocycles. The number of nitrogens with zero attached hydrogens (tertiary/aromatic N) is 5. The molecule has 12 aromatic rings. The van der Waals surface area contributed by atoms with E-state index in [1.807, 2.05) is 0 Å². The molecule has 6 aromatic carbocycles. The van der Waals surface area contributed by atoms with Crippen LogP contribution in [0, 0.1) is 74.7 Å². The average Bonchev–Trinajstić information content (AvgIpc) is 1.65. The second kappa shape index (κ2) is 39.5. The Morgan fingerprint density at radius 2 is 0.770 bits per heavy atom. The Hall–Kier alpha value is -10.9. The smallest absolute Gasteiger partial charge is 0.182 e. The van der Waals surface area contributed by atoms with E-state index in [1.54, 1.807) is 12.4 Å². The fraction of sp³-hybridized carbons (Fsp3) is 0.350. The van der Waals surface area contributed by atoms with Crippen LogP contribution < -0.4 is 9.47 Å². The van der Waals surface area contributed by atoms with Crippen LogP contribution in [-0.2, 0) is 0 Å². The van der Waals surface area contributed by atoms with Gasteiger partial charge >= 0.3 is 0 Å². The first-order valence-electron chi connectivity index (χ1n) is 43.2. The lowest BCUT2D eigenvalue weighted by atomic mass is 10.0. The number of aromatic nitrogens is 8. The van der Waals surface area contributed by atoms with E-state index < -0.39 is 0 Å². The topological polar surface area (TPSA) is 130 Å². The van der Waals surface area contributed by atoms with E-state index in [0.29, 0.717) is 19.0 Å². The Morgan fingerprint density at radius 1 is 0.336 bits per heavy atom. The van der Waals surface area contributed by atoms with Gasteiger partial charge in [-0.25, -0.2) is 24.9 Å². The Labute approximate surface area is 665 Å². The molecule has 0 spiro atoms. The number of nitrogens with one attached hydrogen (secondary N) is 3. The van der Waals surface area contributed by atoms with E-state index in [9.17, 15) is 0 Å². The number of hydrogen-bond acceptors (Lipinski definition) is 7. The van der Waals surface area contributed by atoms with Gasteiger partial charge in [-0.3, -0.25) is 0 Å². The highest BCUT2D eigenvalue weighted by Crippen LogP contribution is 2.33. The molecular formula is C103H112N8O2. The van der Waals surface area contributed by atoms with Crippen molar-refractivity contribution in [3.8, 4) is 34.5 Å². The molecule has 6 aromatic heterocycles. The van der Waals surface area contributed by atoms with Crippen LogP contribution in [0.2, 0.25) is 0 Å². The van der Waals surface area contributed by atoms with Crippen molar-refractivity contribution in [1.29, 1.82) is 0 Å². The molecule has 0 fully saturated rings. The highest BCUT2D eigenvalue weighted by molar-refractivity contribution is 6.02. The predicted molar refractivity (Wildman–Crippen MR) is 468 cm³/mol. The third-order valence-corrected chi connectivity index (χ3v) is 23.1. The highest BCUT2D eigenvalue weighted by atomic mass is 16.5. The minimum Gasteiger partial charge on any atom is -0.494 e. The van der Waals surface area contributed by atoms with Crippen molar-refractivity contribution >= 4 is 68.2 Å². The zero-order valence-electron chi connectivity index (χ0n) is 66.8. The first-order valence-corrected chi connectivity index (χ1v) is 43.2. The van der Waals surface area contributed by atoms with Crippen molar-refractivity contribution in [3.63, 3.8) is 0 Å². The Balaban J connectivity index is 0.865. The molecule has 0 amide bonds. The third-order valence-electron chi connectivity index (χ3n) is 23.1. The molecule has 6 aliphatic heterocycles. The second-order valence-corrected chi connectivity index (χ2v) is 31.6. The summed E-state index contributed by atoms with van der Waals surface area (Å²) in [7, 11) is 0. The maximum absolute atomic E-state index is 6.85. The minimum absolute atomic E-state index is 0.618. The molecule has 0 saturated carbocycles. The molecule has 6 aliphatic rings. The molecule has 576 valence electrons. The summed E-state index contributed by atoms with van der Waals surface area (Å²) in [5, 5.41) is 13.9. The second-order valence-electron chi connectivity index (χ2n) is 31.6. The van der Waals surface area contributed by atoms with E-state index >= 15 is 0 Å². The van der Waals surface area contributed by atoms with Gasteiger partial charge in [0.1, 0.15) is 11.5 Å². The van der Waals surface area contributed by atoms with Gasteiger partial charge < -0.3 is 24.4 Å². The summed E-state index contributed by atoms with van der Waals surface area (Å²) in [5.41, 5.74) is 11.4. The van der Waals surface area contributed by atoms with Crippen LogP contribution >= 0.6 is 0 Å². The molecule has 113 heavy (non-hydrogen) atoms. The van der Waals surface area contributed by atoms with Gasteiger partial charge in [-0.15, -0.1) is 0 Å². The van der Waals surface area contributed by atoms with Crippen LogP contribution in [-0.4, -0.2) is 53.1 Å². The van der Waals surface area contributed by atoms with Crippen LogP contribution in [0.25, 0.3) is 79.3 Å². The quantitative estimate of drug-likeness (QED) is 0.0201. The standard InChI is InChI=1S/C103H112N8O2/c1-3-5-7-9-11-13-15-17-19-21-23-25-27-29-31-33-69-112-84-54-56-86-75-40-44-77(45-41-75)90-58-50-80-48-49-81-51-59-91(111-103(81)102(80)110-90)78-46-42-76(43-47-78)87-57-55-85(113-70-34-32-30-28-26-24-22-20-18-16-14-12-10-8-6-4-2)73-89(87)101-95-61-53-83(107-95)71-82-52-60-94(106-82)100(88(86)72-84)96-64-62-92(108-96)99(93-63-65-97(101)109-93)79-38-35-74(36-39-79)37-66-98-104-67-68-105-98/h35-36,38-65,67-68,71-73,106,109H,3-34,69-70H2,1-2H3,(H,104,105). The van der Waals surface area contributed by atoms with Gasteiger partial charge in [0, 0.05) is 77.2 Å². The van der Waals surface area contributed by atoms with E-state index in [1.165, 1.54) is 180 Å². The van der Waals surface area contributed by atoms with Crippen LogP contribution in [0.3, 0.4) is 0 Å². The van der Waals surface area contributed by atoms with E-state index in [-0.39, 0.29) is 0 Å². The lowest BCUT2D eigenvalue weighted by Crippen LogP contribution is -1.98. The number of hydrogen-bond donors (Lipinski definition) is 3. The molecular weight excluding hydrogens is 1380 g/mol. The molecule has 18 bridgehead atoms. The van der Waals surface area contributed by atoms with Gasteiger partial charge in [0.25, 0.3) is 0 Å². The van der Waals surface area contributed by atoms with Gasteiger partial charge in [0.15, 0.2) is 5.82 Å². The maximum Gasteiger partial charge on any atom is 0.182 e. The highest BCUT2D eigenvalue weighted by Gasteiger charge is 2.16. The number of unbranched alkanes of at least 4 members (excludes halogenated alkanes) is 30. The SMILES string of the molecule is CCCCCCCCCCCCCCCCCCOc1ccc2c(c1)=c1c3nc(c(-c4ccc(C#Cc5ncc[nH]5)cc4)c4ccc([nH]4)c(c4nc(cc5ccc1[nH]5)C=C4)=c1cc(OCCCCCCCCCCCCCCCCCC)ccc1=c1ccc(cc1)=c1ccc4ccc5ccc(nc5c4n1)=c1ccc=2cc1)C=C3. The number of aromatic amines is 3. The van der Waals surface area contributed by atoms with Crippen LogP contribution in [0.4, 0.5) is 0 Å². The van der Waals surface area contributed by atoms with Gasteiger partial charge in [-0.05, 0) is 159 Å².